The Morgan fingerprint density at radius 2 is 2.22 bits per heavy atom. The molecule has 0 aliphatic rings. The summed E-state index contributed by atoms with van der Waals surface area (Å²) in [7, 11) is 0. The Labute approximate surface area is 117 Å². The predicted octanol–water partition coefficient (Wildman–Crippen LogP) is 2.70. The summed E-state index contributed by atoms with van der Waals surface area (Å²) in [5.41, 5.74) is 6.72. The van der Waals surface area contributed by atoms with Crippen LogP contribution in [0.3, 0.4) is 0 Å². The average Bonchev–Trinajstić information content (AvgIpc) is 2.31. The van der Waals surface area contributed by atoms with E-state index in [1.807, 2.05) is 25.1 Å². The second-order valence-corrected chi connectivity index (χ2v) is 5.70. The molecule has 1 aromatic heterocycles. The lowest BCUT2D eigenvalue weighted by molar-refractivity contribution is 0.815. The Morgan fingerprint density at radius 1 is 1.44 bits per heavy atom. The standard InChI is InChI=1S/C12H12BrN3OS/c1-7(14)8-2-3-10(9(13)6-8)18-12-15-5-4-11(17)16-12/h2-7H,14H2,1H3,(H,15,16,17)/t7-/m1/s1. The monoisotopic (exact) mass is 325 g/mol. The third-order valence-electron chi connectivity index (χ3n) is 2.34. The maximum atomic E-state index is 11.2. The Bertz CT molecular complexity index is 612. The van der Waals surface area contributed by atoms with Gasteiger partial charge in [-0.05, 0) is 40.5 Å². The Balaban J connectivity index is 2.27. The lowest BCUT2D eigenvalue weighted by atomic mass is 10.1. The van der Waals surface area contributed by atoms with Crippen LogP contribution in [-0.2, 0) is 0 Å². The number of aromatic amines is 1. The highest BCUT2D eigenvalue weighted by molar-refractivity contribution is 9.10. The molecule has 0 aliphatic carbocycles. The van der Waals surface area contributed by atoms with Crippen molar-refractivity contribution in [2.24, 2.45) is 5.73 Å². The fourth-order valence-electron chi connectivity index (χ4n) is 1.39. The summed E-state index contributed by atoms with van der Waals surface area (Å²) in [5, 5.41) is 0.566. The second-order valence-electron chi connectivity index (χ2n) is 3.82. The van der Waals surface area contributed by atoms with Gasteiger partial charge in [0.25, 0.3) is 5.56 Å². The van der Waals surface area contributed by atoms with Gasteiger partial charge in [0.05, 0.1) is 0 Å². The van der Waals surface area contributed by atoms with E-state index in [2.05, 4.69) is 25.9 Å². The Morgan fingerprint density at radius 3 is 2.83 bits per heavy atom. The molecule has 0 spiro atoms. The molecule has 0 aliphatic heterocycles. The van der Waals surface area contributed by atoms with E-state index >= 15 is 0 Å². The Kier molecular flexibility index (Phi) is 4.21. The van der Waals surface area contributed by atoms with Crippen molar-refractivity contribution in [2.75, 3.05) is 0 Å². The first-order valence-corrected chi connectivity index (χ1v) is 6.95. The average molecular weight is 326 g/mol. The van der Waals surface area contributed by atoms with E-state index in [0.29, 0.717) is 5.16 Å². The van der Waals surface area contributed by atoms with E-state index in [4.69, 9.17) is 5.73 Å². The fourth-order valence-corrected chi connectivity index (χ4v) is 2.80. The summed E-state index contributed by atoms with van der Waals surface area (Å²) < 4.78 is 0.939. The maximum absolute atomic E-state index is 11.2. The van der Waals surface area contributed by atoms with Crippen LogP contribution in [0, 0.1) is 0 Å². The van der Waals surface area contributed by atoms with E-state index < -0.39 is 0 Å². The number of aromatic nitrogens is 2. The molecule has 94 valence electrons. The van der Waals surface area contributed by atoms with E-state index in [0.717, 1.165) is 14.9 Å². The number of hydrogen-bond acceptors (Lipinski definition) is 4. The molecule has 2 aromatic rings. The zero-order valence-corrected chi connectivity index (χ0v) is 12.1. The van der Waals surface area contributed by atoms with Crippen LogP contribution in [0.25, 0.3) is 0 Å². The van der Waals surface area contributed by atoms with Crippen LogP contribution in [-0.4, -0.2) is 9.97 Å². The number of nitrogens with one attached hydrogen (secondary N) is 1. The largest absolute Gasteiger partial charge is 0.324 e. The number of rotatable bonds is 3. The SMILES string of the molecule is C[C@@H](N)c1ccc(Sc2nccc(=O)[nH]2)c(Br)c1. The molecular formula is C12H12BrN3OS. The molecule has 0 radical (unpaired) electrons. The van der Waals surface area contributed by atoms with E-state index in [-0.39, 0.29) is 11.6 Å². The lowest BCUT2D eigenvalue weighted by Gasteiger charge is -2.09. The third-order valence-corrected chi connectivity index (χ3v) is 4.23. The van der Waals surface area contributed by atoms with E-state index in [1.165, 1.54) is 24.0 Å². The minimum Gasteiger partial charge on any atom is -0.324 e. The van der Waals surface area contributed by atoms with Gasteiger partial charge in [-0.3, -0.25) is 4.79 Å². The van der Waals surface area contributed by atoms with Gasteiger partial charge < -0.3 is 10.7 Å². The summed E-state index contributed by atoms with van der Waals surface area (Å²) in [6, 6.07) is 7.29. The molecule has 0 unspecified atom stereocenters. The molecule has 1 aromatic carbocycles. The summed E-state index contributed by atoms with van der Waals surface area (Å²) >= 11 is 4.89. The second kappa shape index (κ2) is 5.69. The first-order valence-electron chi connectivity index (χ1n) is 5.34. The van der Waals surface area contributed by atoms with Gasteiger partial charge in [0.2, 0.25) is 0 Å². The lowest BCUT2D eigenvalue weighted by Crippen LogP contribution is -2.05. The third kappa shape index (κ3) is 3.22. The highest BCUT2D eigenvalue weighted by atomic mass is 79.9. The highest BCUT2D eigenvalue weighted by Gasteiger charge is 2.07. The van der Waals surface area contributed by atoms with Crippen molar-refractivity contribution >= 4 is 27.7 Å². The van der Waals surface area contributed by atoms with Gasteiger partial charge in [-0.1, -0.05) is 17.8 Å². The molecule has 0 fully saturated rings. The number of nitrogens with zero attached hydrogens (tertiary/aromatic N) is 1. The molecule has 0 saturated heterocycles. The van der Waals surface area contributed by atoms with Crippen molar-refractivity contribution in [3.05, 3.63) is 50.9 Å². The maximum Gasteiger partial charge on any atom is 0.251 e. The normalized spacial score (nSPS) is 12.4. The van der Waals surface area contributed by atoms with Crippen LogP contribution in [0.2, 0.25) is 0 Å². The molecule has 4 nitrogen and oxygen atoms in total. The number of H-pyrrole nitrogens is 1. The van der Waals surface area contributed by atoms with Crippen LogP contribution in [0.5, 0.6) is 0 Å². The zero-order chi connectivity index (χ0) is 13.1. The highest BCUT2D eigenvalue weighted by Crippen LogP contribution is 2.32. The van der Waals surface area contributed by atoms with Crippen molar-refractivity contribution in [1.82, 2.24) is 9.97 Å². The number of halogens is 1. The molecule has 0 bridgehead atoms. The molecule has 1 atom stereocenters. The number of nitrogens with two attached hydrogens (primary N) is 1. The van der Waals surface area contributed by atoms with Crippen molar-refractivity contribution in [1.29, 1.82) is 0 Å². The quantitative estimate of drug-likeness (QED) is 0.851. The molecule has 18 heavy (non-hydrogen) atoms. The van der Waals surface area contributed by atoms with Crippen LogP contribution in [0.4, 0.5) is 0 Å². The van der Waals surface area contributed by atoms with Gasteiger partial charge in [-0.15, -0.1) is 0 Å². The summed E-state index contributed by atoms with van der Waals surface area (Å²) in [6.07, 6.45) is 1.49. The topological polar surface area (TPSA) is 71.8 Å². The van der Waals surface area contributed by atoms with Crippen LogP contribution >= 0.6 is 27.7 Å². The summed E-state index contributed by atoms with van der Waals surface area (Å²) in [4.78, 5) is 18.9. The zero-order valence-electron chi connectivity index (χ0n) is 9.68. The molecule has 6 heteroatoms. The van der Waals surface area contributed by atoms with Crippen molar-refractivity contribution in [3.63, 3.8) is 0 Å². The minimum absolute atomic E-state index is 0.00462. The van der Waals surface area contributed by atoms with Gasteiger partial charge in [-0.2, -0.15) is 0 Å². The molecular weight excluding hydrogens is 314 g/mol. The summed E-state index contributed by atoms with van der Waals surface area (Å²) in [5.74, 6) is 0. The smallest absolute Gasteiger partial charge is 0.251 e. The summed E-state index contributed by atoms with van der Waals surface area (Å²) in [6.45, 7) is 1.94. The van der Waals surface area contributed by atoms with Crippen LogP contribution in [0.15, 0.2) is 49.8 Å². The first kappa shape index (κ1) is 13.3. The molecule has 1 heterocycles. The van der Waals surface area contributed by atoms with Crippen molar-refractivity contribution in [2.45, 2.75) is 23.0 Å². The van der Waals surface area contributed by atoms with Gasteiger partial charge in [0.15, 0.2) is 5.16 Å². The van der Waals surface area contributed by atoms with Gasteiger partial charge >= 0.3 is 0 Å². The first-order chi connectivity index (χ1) is 8.56. The number of benzene rings is 1. The molecule has 0 amide bonds. The van der Waals surface area contributed by atoms with Gasteiger partial charge in [-0.25, -0.2) is 4.98 Å². The molecule has 3 N–H and O–H groups in total. The van der Waals surface area contributed by atoms with Gasteiger partial charge in [0, 0.05) is 27.7 Å². The van der Waals surface area contributed by atoms with E-state index in [1.54, 1.807) is 0 Å². The number of hydrogen-bond donors (Lipinski definition) is 2. The van der Waals surface area contributed by atoms with E-state index in [9.17, 15) is 4.79 Å². The Hall–Kier alpha value is -1.11. The predicted molar refractivity (Wildman–Crippen MR) is 75.7 cm³/mol. The van der Waals surface area contributed by atoms with Gasteiger partial charge in [0.1, 0.15) is 0 Å². The van der Waals surface area contributed by atoms with Crippen LogP contribution in [0.1, 0.15) is 18.5 Å². The molecule has 0 saturated carbocycles. The van der Waals surface area contributed by atoms with Crippen LogP contribution < -0.4 is 11.3 Å². The molecule has 2 rings (SSSR count). The minimum atomic E-state index is -0.157. The van der Waals surface area contributed by atoms with Crippen molar-refractivity contribution in [3.8, 4) is 0 Å². The fraction of sp³-hybridized carbons (Fsp3) is 0.167. The van der Waals surface area contributed by atoms with Crippen molar-refractivity contribution < 1.29 is 0 Å².